The third-order valence-electron chi connectivity index (χ3n) is 4.05. The van der Waals surface area contributed by atoms with Gasteiger partial charge >= 0.3 is 0 Å². The fourth-order valence-electron chi connectivity index (χ4n) is 3.02. The third-order valence-corrected chi connectivity index (χ3v) is 6.28. The van der Waals surface area contributed by atoms with Crippen LogP contribution >= 0.6 is 23.5 Å². The standard InChI is InChI=1S/C15H20FNOS2/c16-11-7-12(17)9-14(8-11)20-13-1-4-18-15(10-13)2-5-19-6-3-15/h7-9,13H,1-6,10,17H2. The second-order valence-electron chi connectivity index (χ2n) is 5.60. The number of ether oxygens (including phenoxy) is 1. The molecule has 110 valence electrons. The van der Waals surface area contributed by atoms with Gasteiger partial charge in [0.15, 0.2) is 0 Å². The highest BCUT2D eigenvalue weighted by Gasteiger charge is 2.38. The SMILES string of the molecule is Nc1cc(F)cc(SC2CCOC3(CCSCC3)C2)c1. The molecule has 0 aliphatic carbocycles. The van der Waals surface area contributed by atoms with Gasteiger partial charge in [-0.1, -0.05) is 0 Å². The maximum absolute atomic E-state index is 13.4. The van der Waals surface area contributed by atoms with Crippen molar-refractivity contribution in [3.63, 3.8) is 0 Å². The van der Waals surface area contributed by atoms with Crippen molar-refractivity contribution in [1.29, 1.82) is 0 Å². The van der Waals surface area contributed by atoms with Gasteiger partial charge in [-0.25, -0.2) is 4.39 Å². The van der Waals surface area contributed by atoms with Crippen LogP contribution in [0.5, 0.6) is 0 Å². The molecule has 1 spiro atoms. The summed E-state index contributed by atoms with van der Waals surface area (Å²) in [6, 6.07) is 4.82. The van der Waals surface area contributed by atoms with Crippen LogP contribution in [0.15, 0.2) is 23.1 Å². The van der Waals surface area contributed by atoms with E-state index in [0.717, 1.165) is 37.2 Å². The lowest BCUT2D eigenvalue weighted by Gasteiger charge is -2.43. The Balaban J connectivity index is 1.67. The van der Waals surface area contributed by atoms with Gasteiger partial charge in [-0.3, -0.25) is 0 Å². The second kappa shape index (κ2) is 6.16. The summed E-state index contributed by atoms with van der Waals surface area (Å²) in [6.45, 7) is 0.827. The minimum Gasteiger partial charge on any atom is -0.399 e. The summed E-state index contributed by atoms with van der Waals surface area (Å²) in [7, 11) is 0. The zero-order valence-electron chi connectivity index (χ0n) is 11.4. The molecule has 0 aromatic heterocycles. The number of benzene rings is 1. The Morgan fingerprint density at radius 1 is 1.30 bits per heavy atom. The number of hydrogen-bond acceptors (Lipinski definition) is 4. The molecule has 2 aliphatic heterocycles. The van der Waals surface area contributed by atoms with Crippen molar-refractivity contribution in [3.8, 4) is 0 Å². The van der Waals surface area contributed by atoms with E-state index in [4.69, 9.17) is 10.5 Å². The molecule has 2 fully saturated rings. The number of thioether (sulfide) groups is 2. The molecule has 2 aliphatic rings. The van der Waals surface area contributed by atoms with Crippen molar-refractivity contribution in [2.45, 2.75) is 41.4 Å². The van der Waals surface area contributed by atoms with E-state index in [-0.39, 0.29) is 11.4 Å². The van der Waals surface area contributed by atoms with Crippen LogP contribution in [-0.4, -0.2) is 29.0 Å². The van der Waals surface area contributed by atoms with Crippen LogP contribution in [0.2, 0.25) is 0 Å². The van der Waals surface area contributed by atoms with Crippen molar-refractivity contribution in [3.05, 3.63) is 24.0 Å². The Bertz CT molecular complexity index is 451. The molecule has 0 radical (unpaired) electrons. The molecule has 2 N–H and O–H groups in total. The van der Waals surface area contributed by atoms with E-state index in [0.29, 0.717) is 10.9 Å². The van der Waals surface area contributed by atoms with Crippen LogP contribution in [0.4, 0.5) is 10.1 Å². The Morgan fingerprint density at radius 2 is 2.10 bits per heavy atom. The molecule has 20 heavy (non-hydrogen) atoms. The summed E-state index contributed by atoms with van der Waals surface area (Å²) in [5.74, 6) is 2.15. The van der Waals surface area contributed by atoms with Crippen LogP contribution < -0.4 is 5.73 Å². The predicted octanol–water partition coefficient (Wildman–Crippen LogP) is 3.94. The van der Waals surface area contributed by atoms with Crippen molar-refractivity contribution < 1.29 is 9.13 Å². The minimum absolute atomic E-state index is 0.0834. The predicted molar refractivity (Wildman–Crippen MR) is 84.9 cm³/mol. The third kappa shape index (κ3) is 3.43. The molecule has 0 amide bonds. The van der Waals surface area contributed by atoms with Gasteiger partial charge in [0.2, 0.25) is 0 Å². The largest absolute Gasteiger partial charge is 0.399 e. The van der Waals surface area contributed by atoms with Gasteiger partial charge in [-0.15, -0.1) is 11.8 Å². The normalized spacial score (nSPS) is 25.8. The van der Waals surface area contributed by atoms with E-state index in [9.17, 15) is 4.39 Å². The summed E-state index contributed by atoms with van der Waals surface area (Å²) in [5.41, 5.74) is 6.31. The number of hydrogen-bond donors (Lipinski definition) is 1. The summed E-state index contributed by atoms with van der Waals surface area (Å²) in [4.78, 5) is 0.940. The van der Waals surface area contributed by atoms with E-state index in [2.05, 4.69) is 0 Å². The summed E-state index contributed by atoms with van der Waals surface area (Å²) in [5, 5.41) is 0.507. The van der Waals surface area contributed by atoms with Crippen molar-refractivity contribution in [2.75, 3.05) is 23.8 Å². The van der Waals surface area contributed by atoms with E-state index in [1.807, 2.05) is 17.8 Å². The molecule has 1 atom stereocenters. The van der Waals surface area contributed by atoms with Gasteiger partial charge in [0.1, 0.15) is 5.82 Å². The first-order valence-electron chi connectivity index (χ1n) is 7.10. The van der Waals surface area contributed by atoms with Crippen molar-refractivity contribution in [1.82, 2.24) is 0 Å². The minimum atomic E-state index is -0.247. The Kier molecular flexibility index (Phi) is 4.48. The Morgan fingerprint density at radius 3 is 2.85 bits per heavy atom. The highest BCUT2D eigenvalue weighted by molar-refractivity contribution is 8.00. The molecule has 1 aromatic rings. The van der Waals surface area contributed by atoms with Crippen LogP contribution in [-0.2, 0) is 4.74 Å². The first kappa shape index (κ1) is 14.5. The average molecular weight is 313 g/mol. The van der Waals surface area contributed by atoms with E-state index >= 15 is 0 Å². The van der Waals surface area contributed by atoms with Crippen LogP contribution in [0.3, 0.4) is 0 Å². The summed E-state index contributed by atoms with van der Waals surface area (Å²) < 4.78 is 19.5. The number of anilines is 1. The Hall–Kier alpha value is -0.390. The van der Waals surface area contributed by atoms with Crippen LogP contribution in [0.1, 0.15) is 25.7 Å². The number of nitrogens with two attached hydrogens (primary N) is 1. The summed E-state index contributed by atoms with van der Waals surface area (Å²) in [6.07, 6.45) is 4.42. The molecular formula is C15H20FNOS2. The number of nitrogen functional groups attached to an aromatic ring is 1. The van der Waals surface area contributed by atoms with E-state index in [1.165, 1.54) is 17.6 Å². The molecule has 0 bridgehead atoms. The average Bonchev–Trinajstić information content (AvgIpc) is 2.38. The highest BCUT2D eigenvalue weighted by atomic mass is 32.2. The summed E-state index contributed by atoms with van der Waals surface area (Å²) >= 11 is 3.77. The highest BCUT2D eigenvalue weighted by Crippen LogP contribution is 2.42. The molecule has 2 heterocycles. The maximum atomic E-state index is 13.4. The molecule has 1 aromatic carbocycles. The van der Waals surface area contributed by atoms with Gasteiger partial charge in [0.05, 0.1) is 5.60 Å². The lowest BCUT2D eigenvalue weighted by molar-refractivity contribution is -0.0804. The van der Waals surface area contributed by atoms with Crippen molar-refractivity contribution >= 4 is 29.2 Å². The first-order chi connectivity index (χ1) is 9.65. The van der Waals surface area contributed by atoms with E-state index < -0.39 is 0 Å². The lowest BCUT2D eigenvalue weighted by Crippen LogP contribution is -2.43. The monoisotopic (exact) mass is 313 g/mol. The van der Waals surface area contributed by atoms with Crippen LogP contribution in [0.25, 0.3) is 0 Å². The number of halogens is 1. The smallest absolute Gasteiger partial charge is 0.126 e. The van der Waals surface area contributed by atoms with Gasteiger partial charge in [-0.05, 0) is 55.4 Å². The van der Waals surface area contributed by atoms with Crippen molar-refractivity contribution in [2.24, 2.45) is 0 Å². The molecule has 2 saturated heterocycles. The molecule has 5 heteroatoms. The van der Waals surface area contributed by atoms with Gasteiger partial charge < -0.3 is 10.5 Å². The van der Waals surface area contributed by atoms with Gasteiger partial charge in [0, 0.05) is 22.4 Å². The molecule has 0 saturated carbocycles. The zero-order valence-corrected chi connectivity index (χ0v) is 13.1. The van der Waals surface area contributed by atoms with Crippen LogP contribution in [0, 0.1) is 5.82 Å². The topological polar surface area (TPSA) is 35.2 Å². The quantitative estimate of drug-likeness (QED) is 0.839. The molecule has 3 rings (SSSR count). The maximum Gasteiger partial charge on any atom is 0.126 e. The molecule has 1 unspecified atom stereocenters. The lowest BCUT2D eigenvalue weighted by atomic mass is 9.88. The van der Waals surface area contributed by atoms with E-state index in [1.54, 1.807) is 17.8 Å². The Labute approximate surface area is 128 Å². The fourth-order valence-corrected chi connectivity index (χ4v) is 5.63. The second-order valence-corrected chi connectivity index (χ2v) is 8.20. The van der Waals surface area contributed by atoms with Gasteiger partial charge in [-0.2, -0.15) is 11.8 Å². The van der Waals surface area contributed by atoms with Gasteiger partial charge in [0.25, 0.3) is 0 Å². The fraction of sp³-hybridized carbons (Fsp3) is 0.600. The zero-order chi connectivity index (χ0) is 14.0. The molecular weight excluding hydrogens is 293 g/mol. The first-order valence-corrected chi connectivity index (χ1v) is 9.13. The molecule has 2 nitrogen and oxygen atoms in total. The number of rotatable bonds is 2.